The normalized spacial score (nSPS) is 18.8. The molecule has 2 amide bonds. The van der Waals surface area contributed by atoms with E-state index in [1.165, 1.54) is 0 Å². The molecule has 2 aromatic rings. The molecular formula is C48H72N6O12. The third-order valence-electron chi connectivity index (χ3n) is 12.5. The first kappa shape index (κ1) is 51.0. The van der Waals surface area contributed by atoms with E-state index >= 15 is 0 Å². The zero-order valence-electron chi connectivity index (χ0n) is 39.1. The molecule has 366 valence electrons. The molecular weight excluding hydrogens is 853 g/mol. The van der Waals surface area contributed by atoms with E-state index in [0.717, 1.165) is 76.6 Å². The highest BCUT2D eigenvalue weighted by Crippen LogP contribution is 2.34. The molecule has 4 heterocycles. The van der Waals surface area contributed by atoms with E-state index in [1.807, 2.05) is 12.1 Å². The fourth-order valence-electron chi connectivity index (χ4n) is 8.28. The molecule has 4 fully saturated rings. The molecule has 4 aliphatic heterocycles. The van der Waals surface area contributed by atoms with Gasteiger partial charge in [0.25, 0.3) is 0 Å². The van der Waals surface area contributed by atoms with Crippen LogP contribution in [0.15, 0.2) is 36.4 Å². The Hall–Kier alpha value is -4.40. The van der Waals surface area contributed by atoms with Crippen LogP contribution in [0.4, 0.5) is 9.59 Å². The first-order valence-corrected chi connectivity index (χ1v) is 24.0. The maximum absolute atomic E-state index is 13.2. The third-order valence-corrected chi connectivity index (χ3v) is 12.5. The summed E-state index contributed by atoms with van der Waals surface area (Å²) in [4.78, 5) is 61.2. The van der Waals surface area contributed by atoms with E-state index in [4.69, 9.17) is 37.9 Å². The number of hydrogen-bond donors (Lipinski definition) is 2. The van der Waals surface area contributed by atoms with Gasteiger partial charge < -0.3 is 48.5 Å². The lowest BCUT2D eigenvalue weighted by Gasteiger charge is -2.26. The number of carbonyl (C=O) groups is 4. The van der Waals surface area contributed by atoms with Crippen molar-refractivity contribution < 1.29 is 57.1 Å². The van der Waals surface area contributed by atoms with Crippen molar-refractivity contribution in [1.82, 2.24) is 30.2 Å². The number of rotatable bonds is 23. The summed E-state index contributed by atoms with van der Waals surface area (Å²) >= 11 is 0. The van der Waals surface area contributed by atoms with Crippen LogP contribution in [0.1, 0.15) is 50.7 Å². The zero-order chi connectivity index (χ0) is 46.4. The van der Waals surface area contributed by atoms with Crippen LogP contribution in [0.3, 0.4) is 0 Å². The van der Waals surface area contributed by atoms with Gasteiger partial charge in [0.05, 0.1) is 52.9 Å². The lowest BCUT2D eigenvalue weighted by atomic mass is 9.85. The molecule has 0 radical (unpaired) electrons. The van der Waals surface area contributed by atoms with Crippen molar-refractivity contribution in [2.24, 2.45) is 11.8 Å². The van der Waals surface area contributed by atoms with Gasteiger partial charge in [0.15, 0.2) is 23.0 Å². The lowest BCUT2D eigenvalue weighted by molar-refractivity contribution is -0.135. The van der Waals surface area contributed by atoms with Gasteiger partial charge in [-0.25, -0.2) is 9.59 Å². The SMILES string of the molecule is C[C@H](Cc1ccc(OC(=O)CCCN2CCOCC2)c(OC(=O)NCCN2CCOCC2)c1)[C@@H](C)Cc1ccc(OC(=O)NCCN2CCOCC2)c(OC(=O)CCCN2CCOCC2)c1. The number of amides is 2. The molecule has 2 aromatic carbocycles. The molecule has 0 bridgehead atoms. The largest absolute Gasteiger partial charge is 0.423 e. The molecule has 2 atom stereocenters. The summed E-state index contributed by atoms with van der Waals surface area (Å²) in [5.41, 5.74) is 1.83. The minimum absolute atomic E-state index is 0.146. The van der Waals surface area contributed by atoms with Crippen molar-refractivity contribution in [3.05, 3.63) is 47.5 Å². The monoisotopic (exact) mass is 925 g/mol. The molecule has 0 spiro atoms. The molecule has 2 N–H and O–H groups in total. The van der Waals surface area contributed by atoms with Crippen molar-refractivity contribution >= 4 is 24.1 Å². The highest BCUT2D eigenvalue weighted by Gasteiger charge is 2.22. The maximum Gasteiger partial charge on any atom is 0.412 e. The topological polar surface area (TPSA) is 179 Å². The quantitative estimate of drug-likeness (QED) is 0.122. The third kappa shape index (κ3) is 18.4. The Balaban J connectivity index is 1.07. The fraction of sp³-hybridized carbons (Fsp3) is 0.667. The summed E-state index contributed by atoms with van der Waals surface area (Å²) in [6, 6.07) is 10.7. The van der Waals surface area contributed by atoms with E-state index in [1.54, 1.807) is 24.3 Å². The minimum Gasteiger partial charge on any atom is -0.423 e. The second-order valence-electron chi connectivity index (χ2n) is 17.5. The second kappa shape index (κ2) is 28.1. The molecule has 66 heavy (non-hydrogen) atoms. The second-order valence-corrected chi connectivity index (χ2v) is 17.5. The number of esters is 2. The zero-order valence-corrected chi connectivity index (χ0v) is 39.1. The average molecular weight is 925 g/mol. The Morgan fingerprint density at radius 1 is 0.485 bits per heavy atom. The van der Waals surface area contributed by atoms with E-state index in [-0.39, 0.29) is 47.7 Å². The number of carbonyl (C=O) groups excluding carboxylic acids is 4. The maximum atomic E-state index is 13.2. The van der Waals surface area contributed by atoms with E-state index in [0.29, 0.717) is 105 Å². The van der Waals surface area contributed by atoms with Crippen LogP contribution in [-0.2, 0) is 41.4 Å². The Morgan fingerprint density at radius 3 is 1.23 bits per heavy atom. The minimum atomic E-state index is -0.627. The van der Waals surface area contributed by atoms with Crippen LogP contribution >= 0.6 is 0 Å². The first-order valence-electron chi connectivity index (χ1n) is 24.0. The fourth-order valence-corrected chi connectivity index (χ4v) is 8.28. The van der Waals surface area contributed by atoms with Crippen molar-refractivity contribution in [1.29, 1.82) is 0 Å². The predicted octanol–water partition coefficient (Wildman–Crippen LogP) is 3.62. The van der Waals surface area contributed by atoms with Crippen molar-refractivity contribution in [3.8, 4) is 23.0 Å². The van der Waals surface area contributed by atoms with Crippen LogP contribution < -0.4 is 29.6 Å². The number of benzene rings is 2. The summed E-state index contributed by atoms with van der Waals surface area (Å²) in [5.74, 6) is 0.232. The highest BCUT2D eigenvalue weighted by atomic mass is 16.6. The molecule has 18 heteroatoms. The summed E-state index contributed by atoms with van der Waals surface area (Å²) < 4.78 is 44.9. The number of nitrogens with zero attached hydrogens (tertiary/aromatic N) is 4. The molecule has 6 rings (SSSR count). The van der Waals surface area contributed by atoms with Crippen molar-refractivity contribution in [2.75, 3.05) is 144 Å². The Kier molecular flexibility index (Phi) is 21.7. The van der Waals surface area contributed by atoms with Gasteiger partial charge in [-0.1, -0.05) is 26.0 Å². The molecule has 0 aromatic heterocycles. The van der Waals surface area contributed by atoms with Gasteiger partial charge >= 0.3 is 24.1 Å². The molecule has 4 aliphatic rings. The number of hydrogen-bond acceptors (Lipinski definition) is 16. The van der Waals surface area contributed by atoms with Crippen LogP contribution in [0.5, 0.6) is 23.0 Å². The predicted molar refractivity (Wildman–Crippen MR) is 245 cm³/mol. The van der Waals surface area contributed by atoms with Gasteiger partial charge in [-0.3, -0.25) is 29.2 Å². The first-order chi connectivity index (χ1) is 32.2. The lowest BCUT2D eigenvalue weighted by Crippen LogP contribution is -2.41. The van der Waals surface area contributed by atoms with Crippen LogP contribution in [-0.4, -0.2) is 188 Å². The van der Waals surface area contributed by atoms with E-state index in [2.05, 4.69) is 44.1 Å². The molecule has 0 aliphatic carbocycles. The Labute approximate surface area is 389 Å². The number of ether oxygens (including phenoxy) is 8. The van der Waals surface area contributed by atoms with Gasteiger partial charge in [-0.2, -0.15) is 0 Å². The Morgan fingerprint density at radius 2 is 0.818 bits per heavy atom. The highest BCUT2D eigenvalue weighted by molar-refractivity contribution is 5.76. The van der Waals surface area contributed by atoms with Crippen LogP contribution in [0.25, 0.3) is 0 Å². The molecule has 0 saturated carbocycles. The molecule has 0 unspecified atom stereocenters. The van der Waals surface area contributed by atoms with Gasteiger partial charge in [0.1, 0.15) is 0 Å². The average Bonchev–Trinajstić information content (AvgIpc) is 3.32. The summed E-state index contributed by atoms with van der Waals surface area (Å²) in [5, 5.41) is 5.65. The van der Waals surface area contributed by atoms with E-state index < -0.39 is 24.1 Å². The van der Waals surface area contributed by atoms with E-state index in [9.17, 15) is 19.2 Å². The van der Waals surface area contributed by atoms with Gasteiger partial charge in [-0.15, -0.1) is 0 Å². The smallest absolute Gasteiger partial charge is 0.412 e. The van der Waals surface area contributed by atoms with Gasteiger partial charge in [0.2, 0.25) is 0 Å². The van der Waals surface area contributed by atoms with Crippen molar-refractivity contribution in [3.63, 3.8) is 0 Å². The summed E-state index contributed by atoms with van der Waals surface area (Å²) in [6.07, 6.45) is 1.75. The van der Waals surface area contributed by atoms with Gasteiger partial charge in [0, 0.05) is 91.4 Å². The summed E-state index contributed by atoms with van der Waals surface area (Å²) in [6.45, 7) is 20.0. The van der Waals surface area contributed by atoms with Crippen molar-refractivity contribution in [2.45, 2.75) is 52.4 Å². The van der Waals surface area contributed by atoms with Crippen LogP contribution in [0.2, 0.25) is 0 Å². The Bertz CT molecular complexity index is 1680. The van der Waals surface area contributed by atoms with Gasteiger partial charge in [-0.05, 0) is 86.0 Å². The summed E-state index contributed by atoms with van der Waals surface area (Å²) in [7, 11) is 0. The molecule has 4 saturated heterocycles. The number of morpholine rings is 4. The number of nitrogens with one attached hydrogen (secondary N) is 2. The molecule has 18 nitrogen and oxygen atoms in total. The van der Waals surface area contributed by atoms with Crippen LogP contribution in [0, 0.1) is 11.8 Å². The standard InChI is InChI=1S/C48H72N6O12/c1-37(33-39-8-10-42(65-47(57)49-11-15-53-21-29-61-30-22-53)43(35-39)64-46(56)6-4-14-52-19-27-60-28-20-52)38(2)34-40-7-9-41(63-45(55)5-3-13-51-17-25-59-26-18-51)44(36-40)66-48(58)50-12-16-54-23-31-62-32-24-54/h7-10,35-38H,3-6,11-34H2,1-2H3,(H,49,57)(H,50,58)/t37-,38+/m0/s1.